The molecule has 4 aromatic rings. The van der Waals surface area contributed by atoms with Crippen LogP contribution >= 0.6 is 11.6 Å². The van der Waals surface area contributed by atoms with E-state index < -0.39 is 0 Å². The number of ether oxygens (including phenoxy) is 1. The number of carbonyl (C=O) groups excluding carboxylic acids is 1. The summed E-state index contributed by atoms with van der Waals surface area (Å²) in [4.78, 5) is 26.0. The fraction of sp³-hybridized carbons (Fsp3) is 0.308. The molecule has 1 aliphatic heterocycles. The number of carbonyl (C=O) groups is 1. The fourth-order valence-electron chi connectivity index (χ4n) is 4.69. The Morgan fingerprint density at radius 1 is 1.31 bits per heavy atom. The van der Waals surface area contributed by atoms with Crippen molar-refractivity contribution in [3.63, 3.8) is 0 Å². The molecule has 0 aliphatic carbocycles. The van der Waals surface area contributed by atoms with E-state index in [-0.39, 0.29) is 5.91 Å². The normalized spacial score (nSPS) is 14.2. The average Bonchev–Trinajstić information content (AvgIpc) is 3.55. The van der Waals surface area contributed by atoms with Gasteiger partial charge in [0.2, 0.25) is 5.91 Å². The van der Waals surface area contributed by atoms with Crippen LogP contribution in [0.4, 0.5) is 11.5 Å². The average molecular weight is 506 g/mol. The van der Waals surface area contributed by atoms with Crippen LogP contribution in [0.1, 0.15) is 36.9 Å². The highest BCUT2D eigenvalue weighted by atomic mass is 35.5. The molecule has 0 unspecified atom stereocenters. The van der Waals surface area contributed by atoms with E-state index in [9.17, 15) is 4.79 Å². The number of hydrogen-bond acceptors (Lipinski definition) is 6. The van der Waals surface area contributed by atoms with E-state index in [0.717, 1.165) is 47.4 Å². The van der Waals surface area contributed by atoms with Crippen molar-refractivity contribution in [2.24, 2.45) is 0 Å². The highest BCUT2D eigenvalue weighted by Gasteiger charge is 2.26. The number of hydrogen-bond donors (Lipinski definition) is 2. The first-order valence-electron chi connectivity index (χ1n) is 12.0. The molecule has 0 atom stereocenters. The molecule has 1 aliphatic rings. The van der Waals surface area contributed by atoms with E-state index in [1.807, 2.05) is 47.0 Å². The number of likely N-dealkylation sites (tertiary alicyclic amines) is 1. The topological polar surface area (TPSA) is 101 Å². The van der Waals surface area contributed by atoms with E-state index in [2.05, 4.69) is 31.9 Å². The van der Waals surface area contributed by atoms with Crippen molar-refractivity contribution in [2.75, 3.05) is 18.4 Å². The Labute approximate surface area is 214 Å². The Morgan fingerprint density at radius 2 is 2.14 bits per heavy atom. The number of fused-ring (bicyclic) bond motifs is 1. The predicted octanol–water partition coefficient (Wildman–Crippen LogP) is 5.04. The molecule has 0 saturated carbocycles. The molecule has 9 nitrogen and oxygen atoms in total. The molecule has 2 N–H and O–H groups in total. The van der Waals surface area contributed by atoms with Gasteiger partial charge >= 0.3 is 0 Å². The molecular weight excluding hydrogens is 478 g/mol. The minimum atomic E-state index is -0.0154. The molecular formula is C26H28ClN7O2. The zero-order chi connectivity index (χ0) is 25.1. The first-order valence-corrected chi connectivity index (χ1v) is 12.4. The molecule has 4 heterocycles. The van der Waals surface area contributed by atoms with Gasteiger partial charge in [-0.3, -0.25) is 9.48 Å². The van der Waals surface area contributed by atoms with Crippen molar-refractivity contribution < 1.29 is 9.53 Å². The Kier molecular flexibility index (Phi) is 6.90. The second-order valence-corrected chi connectivity index (χ2v) is 9.10. The molecule has 1 amide bonds. The van der Waals surface area contributed by atoms with Crippen molar-refractivity contribution in [1.29, 1.82) is 0 Å². The number of H-pyrrole nitrogens is 1. The summed E-state index contributed by atoms with van der Waals surface area (Å²) in [5, 5.41) is 9.12. The number of amides is 1. The molecule has 1 saturated heterocycles. The van der Waals surface area contributed by atoms with Crippen LogP contribution < -0.4 is 10.1 Å². The Hall–Kier alpha value is -3.85. The summed E-state index contributed by atoms with van der Waals surface area (Å²) in [6, 6.07) is 7.52. The highest BCUT2D eigenvalue weighted by molar-refractivity contribution is 6.32. The number of halogens is 1. The fourth-order valence-corrected chi connectivity index (χ4v) is 4.93. The zero-order valence-electron chi connectivity index (χ0n) is 20.1. The van der Waals surface area contributed by atoms with E-state index in [0.29, 0.717) is 42.2 Å². The van der Waals surface area contributed by atoms with Crippen LogP contribution in [0.25, 0.3) is 11.0 Å². The maximum absolute atomic E-state index is 12.0. The van der Waals surface area contributed by atoms with Crippen molar-refractivity contribution in [3.8, 4) is 5.75 Å². The van der Waals surface area contributed by atoms with Gasteiger partial charge in [0.1, 0.15) is 30.1 Å². The van der Waals surface area contributed by atoms with E-state index in [1.165, 1.54) is 12.4 Å². The number of rotatable bonds is 8. The van der Waals surface area contributed by atoms with Gasteiger partial charge in [0, 0.05) is 37.7 Å². The molecule has 0 spiro atoms. The number of nitrogens with zero attached hydrogens (tertiary/aromatic N) is 5. The van der Waals surface area contributed by atoms with E-state index in [4.69, 9.17) is 16.3 Å². The van der Waals surface area contributed by atoms with Crippen LogP contribution in [0.3, 0.4) is 0 Å². The van der Waals surface area contributed by atoms with Crippen molar-refractivity contribution in [3.05, 3.63) is 71.9 Å². The molecule has 0 radical (unpaired) electrons. The van der Waals surface area contributed by atoms with Gasteiger partial charge in [-0.25, -0.2) is 9.97 Å². The number of nitrogens with one attached hydrogen (secondary N) is 2. The third kappa shape index (κ3) is 4.79. The lowest BCUT2D eigenvalue weighted by Gasteiger charge is -2.31. The summed E-state index contributed by atoms with van der Waals surface area (Å²) in [5.41, 5.74) is 3.70. The smallest absolute Gasteiger partial charge is 0.245 e. The van der Waals surface area contributed by atoms with Gasteiger partial charge in [0.25, 0.3) is 0 Å². The van der Waals surface area contributed by atoms with Gasteiger partial charge < -0.3 is 19.9 Å². The predicted molar refractivity (Wildman–Crippen MR) is 140 cm³/mol. The van der Waals surface area contributed by atoms with Crippen molar-refractivity contribution >= 4 is 40.0 Å². The second-order valence-electron chi connectivity index (χ2n) is 8.69. The number of benzene rings is 1. The molecule has 36 heavy (non-hydrogen) atoms. The zero-order valence-corrected chi connectivity index (χ0v) is 20.8. The number of anilines is 2. The van der Waals surface area contributed by atoms with Gasteiger partial charge in [0.15, 0.2) is 0 Å². The molecule has 3 aromatic heterocycles. The maximum Gasteiger partial charge on any atom is 0.245 e. The SMILES string of the molecule is C=CC(=O)N1CCC(c2c[nH]c3ncnc(Nc4ccc(OCc5ccnn5CC)c(Cl)c4)c23)CC1. The summed E-state index contributed by atoms with van der Waals surface area (Å²) in [5.74, 6) is 1.59. The Bertz CT molecular complexity index is 1390. The van der Waals surface area contributed by atoms with Gasteiger partial charge in [0.05, 0.1) is 16.1 Å². The first kappa shape index (κ1) is 23.9. The summed E-state index contributed by atoms with van der Waals surface area (Å²) >= 11 is 6.55. The van der Waals surface area contributed by atoms with Crippen LogP contribution in [-0.4, -0.2) is 48.6 Å². The van der Waals surface area contributed by atoms with Crippen LogP contribution in [0.15, 0.2) is 55.6 Å². The molecule has 5 rings (SSSR count). The summed E-state index contributed by atoms with van der Waals surface area (Å²) in [6.45, 7) is 8.21. The summed E-state index contributed by atoms with van der Waals surface area (Å²) in [7, 11) is 0. The van der Waals surface area contributed by atoms with E-state index >= 15 is 0 Å². The minimum absolute atomic E-state index is 0.0154. The Balaban J connectivity index is 1.33. The lowest BCUT2D eigenvalue weighted by Crippen LogP contribution is -2.36. The Morgan fingerprint density at radius 3 is 2.89 bits per heavy atom. The van der Waals surface area contributed by atoms with Gasteiger partial charge in [-0.15, -0.1) is 0 Å². The standard InChI is InChI=1S/C26H28ClN7O2/c1-3-23(35)33-11-8-17(9-12-33)20-14-28-25-24(20)26(30-16-29-25)32-18-5-6-22(21(27)13-18)36-15-19-7-10-31-34(19)4-2/h3,5-7,10,13-14,16-17H,1,4,8-9,11-12,15H2,2H3,(H2,28,29,30,32). The maximum atomic E-state index is 12.0. The van der Waals surface area contributed by atoms with Crippen LogP contribution in [0.5, 0.6) is 5.75 Å². The lowest BCUT2D eigenvalue weighted by atomic mass is 9.89. The lowest BCUT2D eigenvalue weighted by molar-refractivity contribution is -0.127. The third-order valence-electron chi connectivity index (χ3n) is 6.60. The van der Waals surface area contributed by atoms with Gasteiger partial charge in [-0.2, -0.15) is 5.10 Å². The molecule has 1 fully saturated rings. The number of piperidine rings is 1. The van der Waals surface area contributed by atoms with Crippen molar-refractivity contribution in [1.82, 2.24) is 29.6 Å². The summed E-state index contributed by atoms with van der Waals surface area (Å²) in [6.07, 6.45) is 8.42. The molecule has 186 valence electrons. The molecule has 0 bridgehead atoms. The van der Waals surface area contributed by atoms with Crippen molar-refractivity contribution in [2.45, 2.75) is 38.8 Å². The van der Waals surface area contributed by atoms with Gasteiger partial charge in [-0.1, -0.05) is 18.2 Å². The minimum Gasteiger partial charge on any atom is -0.486 e. The van der Waals surface area contributed by atoms with Crippen LogP contribution in [0, 0.1) is 0 Å². The van der Waals surface area contributed by atoms with Gasteiger partial charge in [-0.05, 0) is 61.6 Å². The quantitative estimate of drug-likeness (QED) is 0.325. The monoisotopic (exact) mass is 505 g/mol. The first-order chi connectivity index (χ1) is 17.6. The molecule has 10 heteroatoms. The molecule has 1 aromatic carbocycles. The third-order valence-corrected chi connectivity index (χ3v) is 6.89. The number of aromatic nitrogens is 5. The number of aromatic amines is 1. The summed E-state index contributed by atoms with van der Waals surface area (Å²) < 4.78 is 7.82. The van der Waals surface area contributed by atoms with E-state index in [1.54, 1.807) is 6.20 Å². The largest absolute Gasteiger partial charge is 0.486 e. The highest BCUT2D eigenvalue weighted by Crippen LogP contribution is 2.37. The number of aryl methyl sites for hydroxylation is 1. The van der Waals surface area contributed by atoms with Crippen LogP contribution in [-0.2, 0) is 17.9 Å². The second kappa shape index (κ2) is 10.4. The van der Waals surface area contributed by atoms with Crippen LogP contribution in [0.2, 0.25) is 5.02 Å².